The summed E-state index contributed by atoms with van der Waals surface area (Å²) in [6.07, 6.45) is 3.02. The molecule has 80 valence electrons. The Morgan fingerprint density at radius 2 is 2.00 bits per heavy atom. The molecule has 2 heteroatoms. The predicted molar refractivity (Wildman–Crippen MR) is 68.0 cm³/mol. The van der Waals surface area contributed by atoms with E-state index in [2.05, 4.69) is 47.7 Å². The third-order valence-electron chi connectivity index (χ3n) is 2.09. The monoisotopic (exact) mass is 219 g/mol. The van der Waals surface area contributed by atoms with E-state index in [1.807, 2.05) is 6.92 Å². The Morgan fingerprint density at radius 3 is 2.60 bits per heavy atom. The van der Waals surface area contributed by atoms with Gasteiger partial charge in [0.15, 0.2) is 0 Å². The molecule has 0 aromatic heterocycles. The number of hydrogen-bond acceptors (Lipinski definition) is 2. The topological polar surface area (TPSA) is 12.0 Å². The Bertz CT molecular complexity index is 332. The van der Waals surface area contributed by atoms with Crippen LogP contribution in [0, 0.1) is 11.8 Å². The summed E-state index contributed by atoms with van der Waals surface area (Å²) in [6.45, 7) is 3.77. The maximum atomic E-state index is 3.36. The molecule has 0 fully saturated rings. The van der Waals surface area contributed by atoms with Crippen LogP contribution in [-0.4, -0.2) is 12.8 Å². The molecule has 15 heavy (non-hydrogen) atoms. The quantitative estimate of drug-likeness (QED) is 0.464. The molecule has 0 heterocycles. The minimum Gasteiger partial charge on any atom is -0.312 e. The highest BCUT2D eigenvalue weighted by atomic mass is 32.2. The molecule has 0 amide bonds. The van der Waals surface area contributed by atoms with Gasteiger partial charge < -0.3 is 5.32 Å². The van der Waals surface area contributed by atoms with Crippen molar-refractivity contribution in [2.75, 3.05) is 12.8 Å². The molecule has 0 radical (unpaired) electrons. The first-order chi connectivity index (χ1) is 7.36. The first-order valence-electron chi connectivity index (χ1n) is 5.10. The Morgan fingerprint density at radius 1 is 1.27 bits per heavy atom. The fourth-order valence-corrected chi connectivity index (χ4v) is 1.66. The van der Waals surface area contributed by atoms with Gasteiger partial charge >= 0.3 is 0 Å². The van der Waals surface area contributed by atoms with E-state index in [-0.39, 0.29) is 0 Å². The summed E-state index contributed by atoms with van der Waals surface area (Å²) in [5.74, 6) is 5.93. The predicted octanol–water partition coefficient (Wildman–Crippen LogP) is 2.91. The summed E-state index contributed by atoms with van der Waals surface area (Å²) in [7, 11) is 0. The highest BCUT2D eigenvalue weighted by molar-refractivity contribution is 7.98. The van der Waals surface area contributed by atoms with Crippen molar-refractivity contribution < 1.29 is 0 Å². The van der Waals surface area contributed by atoms with Gasteiger partial charge in [0.25, 0.3) is 0 Å². The second kappa shape index (κ2) is 7.39. The van der Waals surface area contributed by atoms with Crippen molar-refractivity contribution in [1.82, 2.24) is 5.32 Å². The van der Waals surface area contributed by atoms with Gasteiger partial charge in [-0.1, -0.05) is 12.1 Å². The lowest BCUT2D eigenvalue weighted by Crippen LogP contribution is -2.13. The van der Waals surface area contributed by atoms with E-state index < -0.39 is 0 Å². The normalized spacial score (nSPS) is 9.47. The number of rotatable bonds is 5. The largest absolute Gasteiger partial charge is 0.312 e. The zero-order chi connectivity index (χ0) is 10.9. The van der Waals surface area contributed by atoms with Crippen LogP contribution in [-0.2, 0) is 6.54 Å². The van der Waals surface area contributed by atoms with Crippen molar-refractivity contribution in [2.24, 2.45) is 0 Å². The van der Waals surface area contributed by atoms with Gasteiger partial charge in [-0.15, -0.1) is 23.6 Å². The van der Waals surface area contributed by atoms with Crippen LogP contribution in [0.15, 0.2) is 29.2 Å². The Labute approximate surface area is 96.7 Å². The van der Waals surface area contributed by atoms with Crippen LogP contribution in [0.25, 0.3) is 0 Å². The third kappa shape index (κ3) is 4.92. The molecule has 1 aromatic rings. The van der Waals surface area contributed by atoms with Crippen LogP contribution < -0.4 is 5.32 Å². The fourth-order valence-electron chi connectivity index (χ4n) is 1.25. The molecule has 0 saturated carbocycles. The molecule has 1 rings (SSSR count). The van der Waals surface area contributed by atoms with Crippen molar-refractivity contribution in [3.8, 4) is 11.8 Å². The maximum Gasteiger partial charge on any atom is 0.0214 e. The first-order valence-corrected chi connectivity index (χ1v) is 6.32. The number of hydrogen-bond donors (Lipinski definition) is 1. The van der Waals surface area contributed by atoms with E-state index >= 15 is 0 Å². The molecular formula is C13H17NS. The average molecular weight is 219 g/mol. The summed E-state index contributed by atoms with van der Waals surface area (Å²) < 4.78 is 0. The first kappa shape index (κ1) is 12.2. The van der Waals surface area contributed by atoms with E-state index in [1.165, 1.54) is 10.5 Å². The zero-order valence-electron chi connectivity index (χ0n) is 9.34. The highest BCUT2D eigenvalue weighted by Gasteiger charge is 1.92. The van der Waals surface area contributed by atoms with Crippen molar-refractivity contribution in [2.45, 2.75) is 24.8 Å². The number of thioether (sulfide) groups is 1. The van der Waals surface area contributed by atoms with Crippen LogP contribution in [0.1, 0.15) is 18.9 Å². The van der Waals surface area contributed by atoms with Gasteiger partial charge in [0.1, 0.15) is 0 Å². The van der Waals surface area contributed by atoms with Crippen molar-refractivity contribution in [3.05, 3.63) is 29.8 Å². The third-order valence-corrected chi connectivity index (χ3v) is 2.84. The smallest absolute Gasteiger partial charge is 0.0214 e. The number of nitrogens with one attached hydrogen (secondary N) is 1. The molecule has 0 aliphatic rings. The molecular weight excluding hydrogens is 202 g/mol. The molecule has 0 aliphatic carbocycles. The van der Waals surface area contributed by atoms with Crippen LogP contribution in [0.5, 0.6) is 0 Å². The molecule has 1 nitrogen and oxygen atoms in total. The van der Waals surface area contributed by atoms with Gasteiger partial charge in [-0.3, -0.25) is 0 Å². The molecule has 0 aliphatic heterocycles. The fraction of sp³-hybridized carbons (Fsp3) is 0.385. The SMILES string of the molecule is CC#CCCNCc1ccc(SC)cc1. The van der Waals surface area contributed by atoms with Gasteiger partial charge in [-0.25, -0.2) is 0 Å². The second-order valence-corrected chi connectivity index (χ2v) is 4.08. The molecule has 0 saturated heterocycles. The van der Waals surface area contributed by atoms with Crippen LogP contribution in [0.2, 0.25) is 0 Å². The molecule has 1 aromatic carbocycles. The van der Waals surface area contributed by atoms with E-state index in [0.29, 0.717) is 0 Å². The molecule has 1 N–H and O–H groups in total. The molecule has 0 unspecified atom stereocenters. The van der Waals surface area contributed by atoms with Crippen LogP contribution in [0.3, 0.4) is 0 Å². The van der Waals surface area contributed by atoms with Crippen molar-refractivity contribution in [1.29, 1.82) is 0 Å². The second-order valence-electron chi connectivity index (χ2n) is 3.20. The van der Waals surface area contributed by atoms with E-state index in [4.69, 9.17) is 0 Å². The maximum absolute atomic E-state index is 3.36. The summed E-state index contributed by atoms with van der Waals surface area (Å²) in [4.78, 5) is 1.32. The van der Waals surface area contributed by atoms with E-state index in [9.17, 15) is 0 Å². The Hall–Kier alpha value is -0.910. The lowest BCUT2D eigenvalue weighted by molar-refractivity contribution is 0.701. The van der Waals surface area contributed by atoms with Crippen molar-refractivity contribution in [3.63, 3.8) is 0 Å². The zero-order valence-corrected chi connectivity index (χ0v) is 10.2. The highest BCUT2D eigenvalue weighted by Crippen LogP contribution is 2.14. The van der Waals surface area contributed by atoms with E-state index in [1.54, 1.807) is 11.8 Å². The molecule has 0 spiro atoms. The number of benzene rings is 1. The summed E-state index contributed by atoms with van der Waals surface area (Å²) >= 11 is 1.77. The van der Waals surface area contributed by atoms with Gasteiger partial charge in [-0.2, -0.15) is 0 Å². The van der Waals surface area contributed by atoms with Crippen molar-refractivity contribution >= 4 is 11.8 Å². The van der Waals surface area contributed by atoms with Gasteiger partial charge in [0.2, 0.25) is 0 Å². The minimum atomic E-state index is 0.930. The van der Waals surface area contributed by atoms with Gasteiger partial charge in [0.05, 0.1) is 0 Å². The molecule has 0 bridgehead atoms. The lowest BCUT2D eigenvalue weighted by Gasteiger charge is -2.03. The van der Waals surface area contributed by atoms with Crippen LogP contribution >= 0.6 is 11.8 Å². The summed E-state index contributed by atoms with van der Waals surface area (Å²) in [6, 6.07) is 8.66. The van der Waals surface area contributed by atoms with Gasteiger partial charge in [-0.05, 0) is 30.9 Å². The van der Waals surface area contributed by atoms with Crippen LogP contribution in [0.4, 0.5) is 0 Å². The minimum absolute atomic E-state index is 0.930. The molecule has 0 atom stereocenters. The summed E-state index contributed by atoms with van der Waals surface area (Å²) in [5, 5.41) is 3.36. The average Bonchev–Trinajstić information content (AvgIpc) is 2.30. The Kier molecular flexibility index (Phi) is 5.99. The lowest BCUT2D eigenvalue weighted by atomic mass is 10.2. The standard InChI is InChI=1S/C13H17NS/c1-3-4-5-10-14-11-12-6-8-13(15-2)9-7-12/h6-9,14H,5,10-11H2,1-2H3. The van der Waals surface area contributed by atoms with E-state index in [0.717, 1.165) is 19.5 Å². The summed E-state index contributed by atoms with van der Waals surface area (Å²) in [5.41, 5.74) is 1.33. The Balaban J connectivity index is 2.27. The van der Waals surface area contributed by atoms with Gasteiger partial charge in [0, 0.05) is 24.4 Å².